The van der Waals surface area contributed by atoms with Crippen molar-refractivity contribution in [3.8, 4) is 0 Å². The highest BCUT2D eigenvalue weighted by Gasteiger charge is 2.30. The van der Waals surface area contributed by atoms with Crippen molar-refractivity contribution in [1.29, 1.82) is 0 Å². The van der Waals surface area contributed by atoms with Gasteiger partial charge in [0.15, 0.2) is 0 Å². The second kappa shape index (κ2) is 11.4. The molecule has 1 N–H and O–H groups in total. The van der Waals surface area contributed by atoms with E-state index in [9.17, 15) is 18.0 Å². The Morgan fingerprint density at radius 1 is 1.15 bits per heavy atom. The molecule has 0 aliphatic heterocycles. The molecule has 9 heteroatoms. The first-order valence-electron chi connectivity index (χ1n) is 10.8. The maximum absolute atomic E-state index is 13.1. The van der Waals surface area contributed by atoms with Crippen LogP contribution in [0.25, 0.3) is 0 Å². The average Bonchev–Trinajstić information content (AvgIpc) is 3.21. The molecule has 0 spiro atoms. The van der Waals surface area contributed by atoms with Crippen LogP contribution in [-0.2, 0) is 24.0 Å². The number of benzene rings is 2. The molecule has 0 saturated heterocycles. The van der Waals surface area contributed by atoms with Crippen LogP contribution in [0.3, 0.4) is 0 Å². The maximum Gasteiger partial charge on any atom is 0.416 e. The number of amides is 2. The Balaban J connectivity index is 1.76. The number of aromatic nitrogens is 1. The summed E-state index contributed by atoms with van der Waals surface area (Å²) in [5.41, 5.74) is 2.13. The van der Waals surface area contributed by atoms with Gasteiger partial charge in [0.05, 0.1) is 12.1 Å². The van der Waals surface area contributed by atoms with E-state index in [0.29, 0.717) is 35.8 Å². The number of anilines is 1. The van der Waals surface area contributed by atoms with Crippen molar-refractivity contribution in [3.63, 3.8) is 0 Å². The molecule has 2 aromatic carbocycles. The van der Waals surface area contributed by atoms with Crippen molar-refractivity contribution in [1.82, 2.24) is 9.47 Å². The minimum absolute atomic E-state index is 0.257. The number of aryl methyl sites for hydroxylation is 1. The molecule has 1 aromatic heterocycles. The minimum Gasteiger partial charge on any atom is -0.385 e. The molecular weight excluding hydrogens is 467 g/mol. The molecule has 2 amide bonds. The first-order valence-corrected chi connectivity index (χ1v) is 11.2. The van der Waals surface area contributed by atoms with Crippen molar-refractivity contribution in [2.75, 3.05) is 25.6 Å². The molecule has 3 rings (SSSR count). The molecule has 0 saturated carbocycles. The molecule has 0 bridgehead atoms. The second-order valence-electron chi connectivity index (χ2n) is 7.99. The number of hydrogen-bond donors (Lipinski definition) is 1. The number of hydrogen-bond acceptors (Lipinski definition) is 2. The molecule has 0 fully saturated rings. The van der Waals surface area contributed by atoms with Crippen LogP contribution in [0.15, 0.2) is 60.8 Å². The molecular formula is C25H27ClF3N3O2. The lowest BCUT2D eigenvalue weighted by molar-refractivity contribution is -0.137. The summed E-state index contributed by atoms with van der Waals surface area (Å²) in [6.45, 7) is 3.34. The predicted octanol–water partition coefficient (Wildman–Crippen LogP) is 6.59. The summed E-state index contributed by atoms with van der Waals surface area (Å²) in [7, 11) is 1.60. The molecule has 0 radical (unpaired) electrons. The number of rotatable bonds is 9. The van der Waals surface area contributed by atoms with E-state index < -0.39 is 11.7 Å². The zero-order valence-electron chi connectivity index (χ0n) is 19.0. The van der Waals surface area contributed by atoms with Crippen LogP contribution in [0, 0.1) is 6.92 Å². The van der Waals surface area contributed by atoms with Crippen LogP contribution >= 0.6 is 11.6 Å². The number of methoxy groups -OCH3 is 1. The second-order valence-corrected chi connectivity index (χ2v) is 8.39. The Labute approximate surface area is 202 Å². The normalized spacial score (nSPS) is 11.5. The summed E-state index contributed by atoms with van der Waals surface area (Å²) in [6, 6.07) is 13.9. The fraction of sp³-hybridized carbons (Fsp3) is 0.320. The number of nitrogens with one attached hydrogen (secondary N) is 1. The summed E-state index contributed by atoms with van der Waals surface area (Å²) in [5, 5.41) is 3.42. The summed E-state index contributed by atoms with van der Waals surface area (Å²) in [5.74, 6) is 0. The largest absolute Gasteiger partial charge is 0.416 e. The highest BCUT2D eigenvalue weighted by atomic mass is 35.5. The third-order valence-electron chi connectivity index (χ3n) is 5.37. The van der Waals surface area contributed by atoms with E-state index in [4.69, 9.17) is 16.3 Å². The van der Waals surface area contributed by atoms with E-state index in [2.05, 4.69) is 5.32 Å². The summed E-state index contributed by atoms with van der Waals surface area (Å²) in [4.78, 5) is 14.7. The van der Waals surface area contributed by atoms with Gasteiger partial charge < -0.3 is 19.5 Å². The molecule has 0 aliphatic rings. The number of carbonyl (C=O) groups excluding carboxylic acids is 1. The zero-order chi connectivity index (χ0) is 24.7. The zero-order valence-corrected chi connectivity index (χ0v) is 19.8. The fourth-order valence-corrected chi connectivity index (χ4v) is 3.69. The van der Waals surface area contributed by atoms with E-state index in [-0.39, 0.29) is 19.1 Å². The number of nitrogens with zero attached hydrogens (tertiary/aromatic N) is 2. The van der Waals surface area contributed by atoms with Crippen LogP contribution < -0.4 is 5.32 Å². The maximum atomic E-state index is 13.1. The van der Waals surface area contributed by atoms with E-state index in [1.165, 1.54) is 6.07 Å². The molecule has 182 valence electrons. The molecule has 0 aliphatic carbocycles. The van der Waals surface area contributed by atoms with Gasteiger partial charge in [0.25, 0.3) is 0 Å². The highest BCUT2D eigenvalue weighted by Crippen LogP contribution is 2.30. The van der Waals surface area contributed by atoms with Crippen LogP contribution in [0.4, 0.5) is 23.7 Å². The van der Waals surface area contributed by atoms with E-state index in [1.807, 2.05) is 29.7 Å². The first kappa shape index (κ1) is 25.6. The highest BCUT2D eigenvalue weighted by molar-refractivity contribution is 6.31. The minimum atomic E-state index is -4.40. The van der Waals surface area contributed by atoms with Gasteiger partial charge in [0.1, 0.15) is 0 Å². The molecule has 3 aromatic rings. The Morgan fingerprint density at radius 3 is 2.65 bits per heavy atom. The third kappa shape index (κ3) is 7.01. The Hall–Kier alpha value is -2.97. The van der Waals surface area contributed by atoms with Crippen molar-refractivity contribution >= 4 is 23.3 Å². The molecule has 0 unspecified atom stereocenters. The Bertz CT molecular complexity index is 1110. The average molecular weight is 494 g/mol. The van der Waals surface area contributed by atoms with Gasteiger partial charge in [-0.05, 0) is 60.9 Å². The topological polar surface area (TPSA) is 46.5 Å². The van der Waals surface area contributed by atoms with Gasteiger partial charge in [-0.25, -0.2) is 4.79 Å². The van der Waals surface area contributed by atoms with Gasteiger partial charge in [0.2, 0.25) is 0 Å². The van der Waals surface area contributed by atoms with Crippen molar-refractivity contribution in [2.24, 2.45) is 0 Å². The molecule has 0 atom stereocenters. The van der Waals surface area contributed by atoms with Gasteiger partial charge in [-0.2, -0.15) is 13.2 Å². The molecule has 1 heterocycles. The van der Waals surface area contributed by atoms with E-state index in [0.717, 1.165) is 23.4 Å². The van der Waals surface area contributed by atoms with Gasteiger partial charge in [-0.1, -0.05) is 29.8 Å². The SMILES string of the molecule is COCCCN(Cc1cccn1Cc1cccc(C(F)(F)F)c1)C(=O)Nc1ccc(C)c(Cl)c1. The Morgan fingerprint density at radius 2 is 1.94 bits per heavy atom. The van der Waals surface area contributed by atoms with Crippen LogP contribution in [0.2, 0.25) is 5.02 Å². The van der Waals surface area contributed by atoms with Gasteiger partial charge in [0, 0.05) is 49.4 Å². The number of carbonyl (C=O) groups is 1. The molecule has 34 heavy (non-hydrogen) atoms. The summed E-state index contributed by atoms with van der Waals surface area (Å²) < 4.78 is 46.2. The fourth-order valence-electron chi connectivity index (χ4n) is 3.51. The number of ether oxygens (including phenoxy) is 1. The number of alkyl halides is 3. The lowest BCUT2D eigenvalue weighted by atomic mass is 10.1. The van der Waals surface area contributed by atoms with Crippen LogP contribution in [-0.4, -0.2) is 35.8 Å². The van der Waals surface area contributed by atoms with Gasteiger partial charge in [-0.3, -0.25) is 0 Å². The smallest absolute Gasteiger partial charge is 0.385 e. The molecule has 5 nitrogen and oxygen atoms in total. The van der Waals surface area contributed by atoms with Crippen molar-refractivity contribution in [2.45, 2.75) is 32.6 Å². The van der Waals surface area contributed by atoms with E-state index >= 15 is 0 Å². The standard InChI is InChI=1S/C25H27ClF3N3O2/c1-18-9-10-21(15-23(18)26)30-24(33)32(12-5-13-34-2)17-22-8-4-11-31(22)16-19-6-3-7-20(14-19)25(27,28)29/h3-4,6-11,14-15H,5,12-13,16-17H2,1-2H3,(H,30,33). The van der Waals surface area contributed by atoms with E-state index in [1.54, 1.807) is 36.4 Å². The van der Waals surface area contributed by atoms with Gasteiger partial charge in [-0.15, -0.1) is 0 Å². The van der Waals surface area contributed by atoms with Crippen molar-refractivity contribution in [3.05, 3.63) is 88.2 Å². The third-order valence-corrected chi connectivity index (χ3v) is 5.78. The monoisotopic (exact) mass is 493 g/mol. The predicted molar refractivity (Wildman–Crippen MR) is 127 cm³/mol. The Kier molecular flexibility index (Phi) is 8.63. The number of urea groups is 1. The summed E-state index contributed by atoms with van der Waals surface area (Å²) in [6.07, 6.45) is -1.97. The lowest BCUT2D eigenvalue weighted by Gasteiger charge is -2.24. The first-order chi connectivity index (χ1) is 16.2. The quantitative estimate of drug-likeness (QED) is 0.342. The van der Waals surface area contributed by atoms with Crippen LogP contribution in [0.5, 0.6) is 0 Å². The van der Waals surface area contributed by atoms with Gasteiger partial charge >= 0.3 is 12.2 Å². The summed E-state index contributed by atoms with van der Waals surface area (Å²) >= 11 is 6.18. The lowest BCUT2D eigenvalue weighted by Crippen LogP contribution is -2.36. The van der Waals surface area contributed by atoms with Crippen LogP contribution in [0.1, 0.15) is 28.8 Å². The van der Waals surface area contributed by atoms with Crippen molar-refractivity contribution < 1.29 is 22.7 Å². The number of halogens is 4.